The van der Waals surface area contributed by atoms with Crippen LogP contribution < -0.4 is 5.56 Å². The van der Waals surface area contributed by atoms with Gasteiger partial charge in [-0.05, 0) is 37.1 Å². The van der Waals surface area contributed by atoms with Crippen LogP contribution in [0.5, 0.6) is 0 Å². The number of aromatic amines is 1. The molecular weight excluding hydrogens is 384 g/mol. The molecule has 5 rings (SSSR count). The highest BCUT2D eigenvalue weighted by atomic mass is 32.1. The maximum absolute atomic E-state index is 12.7. The molecule has 1 aliphatic carbocycles. The Morgan fingerprint density at radius 1 is 1.24 bits per heavy atom. The number of carbonyl (C=O) groups is 1. The van der Waals surface area contributed by atoms with Crippen molar-refractivity contribution in [1.82, 2.24) is 19.8 Å². The third kappa shape index (κ3) is 3.90. The molecule has 0 spiro atoms. The highest BCUT2D eigenvalue weighted by molar-refractivity contribution is 7.10. The first-order valence-corrected chi connectivity index (χ1v) is 11.7. The molecule has 0 unspecified atom stereocenters. The quantitative estimate of drug-likeness (QED) is 0.838. The number of H-pyrrole nitrogens is 1. The molecule has 2 aliphatic heterocycles. The van der Waals surface area contributed by atoms with Gasteiger partial charge in [0.2, 0.25) is 5.91 Å². The summed E-state index contributed by atoms with van der Waals surface area (Å²) >= 11 is 1.62. The number of aromatic nitrogens is 2. The summed E-state index contributed by atoms with van der Waals surface area (Å²) in [6, 6.07) is 4.65. The first-order chi connectivity index (χ1) is 14.2. The van der Waals surface area contributed by atoms with Crippen LogP contribution in [0.3, 0.4) is 0 Å². The standard InChI is InChI=1S/C22H28N4O2S/c27-20(12-17-6-3-11-29-17)26-9-7-15(13-26)21-23-19-14-25(16-4-1-2-5-16)10-8-18(19)22(28)24-21/h3,6,11,15-16H,1-2,4-5,7-10,12-14H2,(H,23,24,28)/t15-/m0/s1. The van der Waals surface area contributed by atoms with Gasteiger partial charge in [0.1, 0.15) is 5.82 Å². The van der Waals surface area contributed by atoms with Crippen LogP contribution in [0.2, 0.25) is 0 Å². The van der Waals surface area contributed by atoms with Gasteiger partial charge in [-0.2, -0.15) is 0 Å². The second kappa shape index (κ2) is 8.03. The Morgan fingerprint density at radius 3 is 2.90 bits per heavy atom. The monoisotopic (exact) mass is 412 g/mol. The Balaban J connectivity index is 1.29. The predicted molar refractivity (Wildman–Crippen MR) is 113 cm³/mol. The van der Waals surface area contributed by atoms with Crippen LogP contribution in [0.15, 0.2) is 22.3 Å². The lowest BCUT2D eigenvalue weighted by Crippen LogP contribution is -2.41. The second-order valence-electron chi connectivity index (χ2n) is 8.62. The van der Waals surface area contributed by atoms with Gasteiger partial charge < -0.3 is 9.88 Å². The summed E-state index contributed by atoms with van der Waals surface area (Å²) in [6.07, 6.45) is 7.31. The molecule has 1 amide bonds. The van der Waals surface area contributed by atoms with Gasteiger partial charge in [-0.3, -0.25) is 14.5 Å². The zero-order chi connectivity index (χ0) is 19.8. The fourth-order valence-corrected chi connectivity index (χ4v) is 5.83. The van der Waals surface area contributed by atoms with Crippen molar-refractivity contribution in [2.24, 2.45) is 0 Å². The van der Waals surface area contributed by atoms with Crippen molar-refractivity contribution >= 4 is 17.2 Å². The van der Waals surface area contributed by atoms with Crippen LogP contribution in [-0.4, -0.2) is 51.4 Å². The van der Waals surface area contributed by atoms with E-state index < -0.39 is 0 Å². The molecule has 29 heavy (non-hydrogen) atoms. The summed E-state index contributed by atoms with van der Waals surface area (Å²) in [5.74, 6) is 1.07. The Hall–Kier alpha value is -1.99. The number of likely N-dealkylation sites (tertiary alicyclic amines) is 1. The molecule has 2 aromatic heterocycles. The highest BCUT2D eigenvalue weighted by Gasteiger charge is 2.32. The maximum Gasteiger partial charge on any atom is 0.254 e. The number of amides is 1. The summed E-state index contributed by atoms with van der Waals surface area (Å²) in [5.41, 5.74) is 1.86. The van der Waals surface area contributed by atoms with E-state index in [1.54, 1.807) is 11.3 Å². The van der Waals surface area contributed by atoms with E-state index in [-0.39, 0.29) is 17.4 Å². The van der Waals surface area contributed by atoms with E-state index in [0.29, 0.717) is 19.0 Å². The Labute approximate surface area is 175 Å². The fraction of sp³-hybridized carbons (Fsp3) is 0.591. The molecule has 0 radical (unpaired) electrons. The number of nitrogens with zero attached hydrogens (tertiary/aromatic N) is 3. The van der Waals surface area contributed by atoms with Gasteiger partial charge in [-0.15, -0.1) is 11.3 Å². The molecule has 0 aromatic carbocycles. The van der Waals surface area contributed by atoms with Crippen molar-refractivity contribution in [3.05, 3.63) is 49.8 Å². The number of nitrogens with one attached hydrogen (secondary N) is 1. The zero-order valence-electron chi connectivity index (χ0n) is 16.7. The average Bonchev–Trinajstić information content (AvgIpc) is 3.49. The SMILES string of the molecule is O=C(Cc1cccs1)N1CC[C@H](c2nc3c(c(=O)[nH]2)CCN(C2CCCC2)C3)C1. The first-order valence-electron chi connectivity index (χ1n) is 10.8. The van der Waals surface area contributed by atoms with E-state index in [4.69, 9.17) is 4.98 Å². The second-order valence-corrected chi connectivity index (χ2v) is 9.65. The molecule has 2 fully saturated rings. The summed E-state index contributed by atoms with van der Waals surface area (Å²) in [4.78, 5) is 38.8. The summed E-state index contributed by atoms with van der Waals surface area (Å²) in [6.45, 7) is 3.16. The molecule has 154 valence electrons. The lowest BCUT2D eigenvalue weighted by molar-refractivity contribution is -0.129. The van der Waals surface area contributed by atoms with Gasteiger partial charge in [0, 0.05) is 48.6 Å². The lowest BCUT2D eigenvalue weighted by Gasteiger charge is -2.32. The van der Waals surface area contributed by atoms with Crippen LogP contribution in [-0.2, 0) is 24.2 Å². The number of hydrogen-bond acceptors (Lipinski definition) is 5. The van der Waals surface area contributed by atoms with Crippen molar-refractivity contribution < 1.29 is 4.79 Å². The first kappa shape index (κ1) is 19.0. The molecular formula is C22H28N4O2S. The van der Waals surface area contributed by atoms with Crippen molar-refractivity contribution in [3.63, 3.8) is 0 Å². The van der Waals surface area contributed by atoms with Gasteiger partial charge in [0.25, 0.3) is 5.56 Å². The minimum atomic E-state index is 0.0273. The number of fused-ring (bicyclic) bond motifs is 1. The topological polar surface area (TPSA) is 69.3 Å². The van der Waals surface area contributed by atoms with Crippen LogP contribution >= 0.6 is 11.3 Å². The van der Waals surface area contributed by atoms with E-state index >= 15 is 0 Å². The molecule has 1 saturated carbocycles. The molecule has 1 atom stereocenters. The van der Waals surface area contributed by atoms with Crippen LogP contribution in [0.25, 0.3) is 0 Å². The van der Waals surface area contributed by atoms with Crippen molar-refractivity contribution in [1.29, 1.82) is 0 Å². The molecule has 2 aromatic rings. The normalized spacial score (nSPS) is 22.9. The van der Waals surface area contributed by atoms with Crippen LogP contribution in [0.4, 0.5) is 0 Å². The number of hydrogen-bond donors (Lipinski definition) is 1. The van der Waals surface area contributed by atoms with E-state index in [9.17, 15) is 9.59 Å². The Kier molecular flexibility index (Phi) is 5.26. The van der Waals surface area contributed by atoms with Crippen LogP contribution in [0, 0.1) is 0 Å². The minimum Gasteiger partial charge on any atom is -0.342 e. The van der Waals surface area contributed by atoms with Gasteiger partial charge in [-0.1, -0.05) is 18.9 Å². The third-order valence-electron chi connectivity index (χ3n) is 6.80. The maximum atomic E-state index is 12.7. The Morgan fingerprint density at radius 2 is 2.10 bits per heavy atom. The highest BCUT2D eigenvalue weighted by Crippen LogP contribution is 2.29. The fourth-order valence-electron chi connectivity index (χ4n) is 5.14. The zero-order valence-corrected chi connectivity index (χ0v) is 17.5. The molecule has 6 nitrogen and oxygen atoms in total. The Bertz CT molecular complexity index is 933. The predicted octanol–water partition coefficient (Wildman–Crippen LogP) is 2.69. The van der Waals surface area contributed by atoms with E-state index in [1.165, 1.54) is 25.7 Å². The molecule has 1 N–H and O–H groups in total. The van der Waals surface area contributed by atoms with Crippen LogP contribution in [0.1, 0.15) is 60.0 Å². The lowest BCUT2D eigenvalue weighted by atomic mass is 10.0. The largest absolute Gasteiger partial charge is 0.342 e. The van der Waals surface area contributed by atoms with Gasteiger partial charge in [0.05, 0.1) is 12.1 Å². The summed E-state index contributed by atoms with van der Waals surface area (Å²) < 4.78 is 0. The number of carbonyl (C=O) groups excluding carboxylic acids is 1. The van der Waals surface area contributed by atoms with Crippen molar-refractivity contribution in [2.75, 3.05) is 19.6 Å². The minimum absolute atomic E-state index is 0.0273. The number of thiophene rings is 1. The summed E-state index contributed by atoms with van der Waals surface area (Å²) in [7, 11) is 0. The smallest absolute Gasteiger partial charge is 0.254 e. The van der Waals surface area contributed by atoms with Gasteiger partial charge >= 0.3 is 0 Å². The van der Waals surface area contributed by atoms with E-state index in [1.807, 2.05) is 22.4 Å². The average molecular weight is 413 g/mol. The van der Waals surface area contributed by atoms with Crippen molar-refractivity contribution in [3.8, 4) is 0 Å². The van der Waals surface area contributed by atoms with Crippen molar-refractivity contribution in [2.45, 2.75) is 63.5 Å². The molecule has 1 saturated heterocycles. The van der Waals surface area contributed by atoms with Gasteiger partial charge in [-0.25, -0.2) is 4.98 Å². The molecule has 4 heterocycles. The van der Waals surface area contributed by atoms with Gasteiger partial charge in [0.15, 0.2) is 0 Å². The molecule has 3 aliphatic rings. The molecule has 0 bridgehead atoms. The van der Waals surface area contributed by atoms with E-state index in [0.717, 1.165) is 54.4 Å². The third-order valence-corrected chi connectivity index (χ3v) is 7.67. The van der Waals surface area contributed by atoms with E-state index in [2.05, 4.69) is 9.88 Å². The number of rotatable bonds is 4. The molecule has 7 heteroatoms. The summed E-state index contributed by atoms with van der Waals surface area (Å²) in [5, 5.41) is 2.01.